The van der Waals surface area contributed by atoms with Crippen molar-refractivity contribution < 1.29 is 47.7 Å². The first-order chi connectivity index (χ1) is 15.0. The summed E-state index contributed by atoms with van der Waals surface area (Å²) in [6.07, 6.45) is -3.41. The molecule has 0 bridgehead atoms. The Morgan fingerprint density at radius 3 is 1.55 bits per heavy atom. The zero-order valence-corrected chi connectivity index (χ0v) is 20.0. The average Bonchev–Trinajstić information content (AvgIpc) is 3.14. The fraction of sp³-hybridized carbons (Fsp3) is 0.714. The molecule has 1 heterocycles. The van der Waals surface area contributed by atoms with Crippen molar-refractivity contribution in [2.45, 2.75) is 71.1 Å². The summed E-state index contributed by atoms with van der Waals surface area (Å²) in [5.74, 6) is -5.18. The molecule has 12 heteroatoms. The minimum Gasteiger partial charge on any atom is -0.469 e. The molecule has 1 aliphatic heterocycles. The van der Waals surface area contributed by atoms with Gasteiger partial charge in [-0.15, -0.1) is 0 Å². The summed E-state index contributed by atoms with van der Waals surface area (Å²) in [6, 6.07) is -1.29. The van der Waals surface area contributed by atoms with Crippen molar-refractivity contribution in [1.82, 2.24) is 9.80 Å². The molecule has 2 aliphatic rings. The maximum absolute atomic E-state index is 13.5. The number of ether oxygens (including phenoxy) is 4. The van der Waals surface area contributed by atoms with Crippen LogP contribution in [-0.2, 0) is 33.3 Å². The first-order valence-electron chi connectivity index (χ1n) is 10.3. The number of amides is 5. The number of urea groups is 1. The quantitative estimate of drug-likeness (QED) is 0.334. The lowest BCUT2D eigenvalue weighted by atomic mass is 9.94. The first-order valence-corrected chi connectivity index (χ1v) is 10.3. The molecule has 5 amide bonds. The van der Waals surface area contributed by atoms with Crippen LogP contribution in [0.25, 0.3) is 0 Å². The van der Waals surface area contributed by atoms with Crippen LogP contribution in [0, 0.1) is 11.8 Å². The van der Waals surface area contributed by atoms with Crippen LogP contribution in [0.2, 0.25) is 0 Å². The van der Waals surface area contributed by atoms with E-state index in [0.29, 0.717) is 4.90 Å². The highest BCUT2D eigenvalue weighted by molar-refractivity contribution is 6.21. The number of carbonyl (C=O) groups excluding carboxylic acids is 6. The van der Waals surface area contributed by atoms with Crippen LogP contribution in [-0.4, -0.2) is 76.8 Å². The monoisotopic (exact) mass is 470 g/mol. The number of methoxy groups -OCH3 is 2. The molecule has 0 N–H and O–H groups in total. The van der Waals surface area contributed by atoms with Gasteiger partial charge in [-0.2, -0.15) is 4.90 Å². The zero-order valence-electron chi connectivity index (χ0n) is 20.0. The second-order valence-corrected chi connectivity index (χ2v) is 9.92. The van der Waals surface area contributed by atoms with Gasteiger partial charge in [0.05, 0.1) is 26.1 Å². The van der Waals surface area contributed by atoms with Crippen LogP contribution < -0.4 is 0 Å². The topological polar surface area (TPSA) is 146 Å². The van der Waals surface area contributed by atoms with E-state index in [1.54, 1.807) is 20.8 Å². The van der Waals surface area contributed by atoms with E-state index in [0.717, 1.165) is 14.2 Å². The van der Waals surface area contributed by atoms with E-state index in [2.05, 4.69) is 0 Å². The molecular formula is C21H30N2O10. The molecule has 1 unspecified atom stereocenters. The van der Waals surface area contributed by atoms with Gasteiger partial charge in [-0.3, -0.25) is 14.4 Å². The highest BCUT2D eigenvalue weighted by Crippen LogP contribution is 2.49. The predicted molar refractivity (Wildman–Crippen MR) is 110 cm³/mol. The van der Waals surface area contributed by atoms with E-state index >= 15 is 0 Å². The molecule has 0 aromatic carbocycles. The van der Waals surface area contributed by atoms with Gasteiger partial charge in [-0.1, -0.05) is 0 Å². The van der Waals surface area contributed by atoms with Crippen molar-refractivity contribution >= 4 is 36.1 Å². The largest absolute Gasteiger partial charge is 0.469 e. The first kappa shape index (κ1) is 26.1. The predicted octanol–water partition coefficient (Wildman–Crippen LogP) is 2.23. The van der Waals surface area contributed by atoms with Crippen LogP contribution in [0.5, 0.6) is 0 Å². The molecule has 1 aliphatic carbocycles. The third-order valence-electron chi connectivity index (χ3n) is 5.17. The average molecular weight is 470 g/mol. The van der Waals surface area contributed by atoms with Crippen molar-refractivity contribution in [3.8, 4) is 0 Å². The standard InChI is InChI=1S/C21H30N2O10/c1-19(2,3)32-17(28)22-15(26)21(23(16(22)27)18(29)33-20(4,5)6)9-11(13(24)30-7)12(10-21)14(25)31-8/h11-12H,9-10H2,1-8H3/t11-,12+,21?. The van der Waals surface area contributed by atoms with Crippen LogP contribution in [0.3, 0.4) is 0 Å². The third kappa shape index (κ3) is 4.93. The summed E-state index contributed by atoms with van der Waals surface area (Å²) in [5.41, 5.74) is -4.15. The molecule has 184 valence electrons. The van der Waals surface area contributed by atoms with Crippen molar-refractivity contribution in [1.29, 1.82) is 0 Å². The number of nitrogens with zero attached hydrogens (tertiary/aromatic N) is 2. The minimum atomic E-state index is -2.05. The Balaban J connectivity index is 2.62. The normalized spacial score (nSPS) is 25.3. The van der Waals surface area contributed by atoms with Gasteiger partial charge in [-0.25, -0.2) is 19.3 Å². The highest BCUT2D eigenvalue weighted by Gasteiger charge is 2.69. The Morgan fingerprint density at radius 2 is 1.18 bits per heavy atom. The summed E-state index contributed by atoms with van der Waals surface area (Å²) in [5, 5.41) is 0. The summed E-state index contributed by atoms with van der Waals surface area (Å²) in [4.78, 5) is 78.0. The Bertz CT molecular complexity index is 858. The molecule has 2 fully saturated rings. The molecule has 2 rings (SSSR count). The van der Waals surface area contributed by atoms with Gasteiger partial charge in [0.1, 0.15) is 16.7 Å². The number of hydrogen-bond donors (Lipinski definition) is 0. The van der Waals surface area contributed by atoms with Crippen molar-refractivity contribution in [2.75, 3.05) is 14.2 Å². The van der Waals surface area contributed by atoms with Crippen molar-refractivity contribution in [3.05, 3.63) is 0 Å². The van der Waals surface area contributed by atoms with Crippen LogP contribution in [0.1, 0.15) is 54.4 Å². The van der Waals surface area contributed by atoms with E-state index in [1.165, 1.54) is 20.8 Å². The Labute approximate surface area is 191 Å². The molecular weight excluding hydrogens is 440 g/mol. The molecule has 0 aromatic rings. The zero-order chi connectivity index (χ0) is 25.5. The Morgan fingerprint density at radius 1 is 0.788 bits per heavy atom. The molecule has 1 saturated heterocycles. The van der Waals surface area contributed by atoms with Gasteiger partial charge < -0.3 is 18.9 Å². The number of carbonyl (C=O) groups is 6. The van der Waals surface area contributed by atoms with E-state index in [4.69, 9.17) is 18.9 Å². The maximum Gasteiger partial charge on any atom is 0.425 e. The van der Waals surface area contributed by atoms with Gasteiger partial charge in [0.25, 0.3) is 5.91 Å². The number of rotatable bonds is 2. The molecule has 1 saturated carbocycles. The highest BCUT2D eigenvalue weighted by atomic mass is 16.6. The fourth-order valence-electron chi connectivity index (χ4n) is 3.95. The van der Waals surface area contributed by atoms with Crippen LogP contribution >= 0.6 is 0 Å². The fourth-order valence-corrected chi connectivity index (χ4v) is 3.95. The SMILES string of the molecule is COC(=O)[C@H]1CC2(C[C@H]1C(=O)OC)C(=O)N(C(=O)OC(C)(C)C)C(=O)N2C(=O)OC(C)(C)C. The lowest BCUT2D eigenvalue weighted by Crippen LogP contribution is -2.52. The molecule has 12 nitrogen and oxygen atoms in total. The van der Waals surface area contributed by atoms with E-state index in [-0.39, 0.29) is 4.90 Å². The molecule has 3 atom stereocenters. The Hall–Kier alpha value is -3.18. The van der Waals surface area contributed by atoms with Gasteiger partial charge in [-0.05, 0) is 54.4 Å². The summed E-state index contributed by atoms with van der Waals surface area (Å²) >= 11 is 0. The second-order valence-electron chi connectivity index (χ2n) is 9.92. The second kappa shape index (κ2) is 8.64. The number of esters is 2. The van der Waals surface area contributed by atoms with Gasteiger partial charge in [0.15, 0.2) is 0 Å². The van der Waals surface area contributed by atoms with Crippen molar-refractivity contribution in [2.24, 2.45) is 11.8 Å². The van der Waals surface area contributed by atoms with Crippen molar-refractivity contribution in [3.63, 3.8) is 0 Å². The summed E-state index contributed by atoms with van der Waals surface area (Å²) in [6.45, 7) is 9.26. The van der Waals surface area contributed by atoms with Crippen LogP contribution in [0.4, 0.5) is 14.4 Å². The third-order valence-corrected chi connectivity index (χ3v) is 5.17. The van der Waals surface area contributed by atoms with Crippen LogP contribution in [0.15, 0.2) is 0 Å². The molecule has 0 aromatic heterocycles. The number of imide groups is 4. The molecule has 0 radical (unpaired) electrons. The molecule has 33 heavy (non-hydrogen) atoms. The lowest BCUT2D eigenvalue weighted by molar-refractivity contribution is -0.156. The smallest absolute Gasteiger partial charge is 0.425 e. The lowest BCUT2D eigenvalue weighted by Gasteiger charge is -2.31. The molecule has 1 spiro atoms. The minimum absolute atomic E-state index is 0.198. The van der Waals surface area contributed by atoms with Gasteiger partial charge >= 0.3 is 30.2 Å². The number of hydrogen-bond acceptors (Lipinski definition) is 10. The van der Waals surface area contributed by atoms with E-state index < -0.39 is 77.5 Å². The Kier molecular flexibility index (Phi) is 6.82. The summed E-state index contributed by atoms with van der Waals surface area (Å²) in [7, 11) is 2.20. The van der Waals surface area contributed by atoms with E-state index in [9.17, 15) is 28.8 Å². The van der Waals surface area contributed by atoms with Gasteiger partial charge in [0.2, 0.25) is 0 Å². The maximum atomic E-state index is 13.5. The van der Waals surface area contributed by atoms with E-state index in [1.807, 2.05) is 0 Å². The van der Waals surface area contributed by atoms with Gasteiger partial charge in [0, 0.05) is 0 Å². The summed E-state index contributed by atoms with van der Waals surface area (Å²) < 4.78 is 20.0.